The summed E-state index contributed by atoms with van der Waals surface area (Å²) in [7, 11) is 0. The molecule has 238 valence electrons. The fraction of sp³-hybridized carbons (Fsp3) is 0. The Labute approximate surface area is 292 Å². The van der Waals surface area contributed by atoms with Gasteiger partial charge in [0.15, 0.2) is 23.1 Å². The van der Waals surface area contributed by atoms with Crippen molar-refractivity contribution in [2.24, 2.45) is 0 Å². The molecule has 0 atom stereocenters. The van der Waals surface area contributed by atoms with E-state index < -0.39 is 0 Å². The van der Waals surface area contributed by atoms with Crippen molar-refractivity contribution in [1.82, 2.24) is 24.9 Å². The van der Waals surface area contributed by atoms with Crippen LogP contribution >= 0.6 is 0 Å². The molecule has 3 aromatic heterocycles. The second kappa shape index (κ2) is 11.8. The first-order chi connectivity index (χ1) is 25.2. The van der Waals surface area contributed by atoms with E-state index in [0.29, 0.717) is 17.5 Å². The van der Waals surface area contributed by atoms with Gasteiger partial charge in [-0.2, -0.15) is 0 Å². The highest BCUT2D eigenvalue weighted by Crippen LogP contribution is 2.35. The molecule has 0 unspecified atom stereocenters. The standard InChI is InChI=1S/C45H27N5O/c1-3-10-28(11-4-1)29-18-20-31(21-19-29)44-48-43(30-12-5-2-6-13-30)49-45(50-44)34-15-9-14-32(26-34)33-22-24-37-39(27-33)47-41-38(46-37)25-23-36-35-16-7-8-17-40(35)51-42(36)41/h1-27H. The van der Waals surface area contributed by atoms with Crippen LogP contribution in [0.1, 0.15) is 0 Å². The van der Waals surface area contributed by atoms with Gasteiger partial charge in [-0.25, -0.2) is 24.9 Å². The predicted octanol–water partition coefficient (Wildman–Crippen LogP) is 11.2. The molecule has 0 fully saturated rings. The van der Waals surface area contributed by atoms with Gasteiger partial charge in [0, 0.05) is 27.5 Å². The average molecular weight is 654 g/mol. The summed E-state index contributed by atoms with van der Waals surface area (Å²) in [6, 6.07) is 55.4. The van der Waals surface area contributed by atoms with Gasteiger partial charge in [-0.15, -0.1) is 0 Å². The van der Waals surface area contributed by atoms with Crippen LogP contribution in [-0.2, 0) is 0 Å². The number of para-hydroxylation sites is 1. The molecule has 10 rings (SSSR count). The van der Waals surface area contributed by atoms with Crippen LogP contribution in [0.4, 0.5) is 0 Å². The van der Waals surface area contributed by atoms with Gasteiger partial charge in [-0.3, -0.25) is 0 Å². The van der Waals surface area contributed by atoms with Crippen LogP contribution in [0.5, 0.6) is 0 Å². The quantitative estimate of drug-likeness (QED) is 0.172. The van der Waals surface area contributed by atoms with Gasteiger partial charge in [0.05, 0.1) is 16.6 Å². The average Bonchev–Trinajstić information content (AvgIpc) is 3.60. The monoisotopic (exact) mass is 653 g/mol. The molecular weight excluding hydrogens is 627 g/mol. The van der Waals surface area contributed by atoms with E-state index >= 15 is 0 Å². The molecule has 0 spiro atoms. The van der Waals surface area contributed by atoms with Crippen molar-refractivity contribution >= 4 is 44.0 Å². The Morgan fingerprint density at radius 1 is 0.314 bits per heavy atom. The number of hydrogen-bond donors (Lipinski definition) is 0. The van der Waals surface area contributed by atoms with Gasteiger partial charge < -0.3 is 4.42 Å². The molecule has 0 saturated carbocycles. The third-order valence-corrected chi connectivity index (χ3v) is 9.32. The lowest BCUT2D eigenvalue weighted by atomic mass is 10.0. The molecule has 10 aromatic rings. The number of rotatable bonds is 5. The number of nitrogens with zero attached hydrogens (tertiary/aromatic N) is 5. The SMILES string of the molecule is c1ccc(-c2ccc(-c3nc(-c4ccccc4)nc(-c4cccc(-c5ccc6nc7ccc8c9ccccc9oc8c7nc6c5)c4)n3)cc2)cc1. The maximum absolute atomic E-state index is 6.28. The van der Waals surface area contributed by atoms with Crippen LogP contribution in [0.2, 0.25) is 0 Å². The Kier molecular flexibility index (Phi) is 6.70. The molecule has 0 amide bonds. The van der Waals surface area contributed by atoms with Crippen molar-refractivity contribution in [1.29, 1.82) is 0 Å². The minimum absolute atomic E-state index is 0.603. The first kappa shape index (κ1) is 28.9. The Hall–Kier alpha value is -7.05. The number of fused-ring (bicyclic) bond motifs is 6. The van der Waals surface area contributed by atoms with Crippen LogP contribution in [0.15, 0.2) is 168 Å². The summed E-state index contributed by atoms with van der Waals surface area (Å²) >= 11 is 0. The van der Waals surface area contributed by atoms with Crippen LogP contribution in [0, 0.1) is 0 Å². The number of benzene rings is 7. The van der Waals surface area contributed by atoms with E-state index in [1.54, 1.807) is 0 Å². The molecule has 7 aromatic carbocycles. The van der Waals surface area contributed by atoms with Crippen LogP contribution < -0.4 is 0 Å². The lowest BCUT2D eigenvalue weighted by molar-refractivity contribution is 0.671. The summed E-state index contributed by atoms with van der Waals surface area (Å²) in [6.07, 6.45) is 0. The lowest BCUT2D eigenvalue weighted by Crippen LogP contribution is -2.00. The topological polar surface area (TPSA) is 77.6 Å². The molecule has 0 aliphatic heterocycles. The summed E-state index contributed by atoms with van der Waals surface area (Å²) in [5, 5.41) is 2.11. The third-order valence-electron chi connectivity index (χ3n) is 9.32. The molecule has 0 aliphatic rings. The van der Waals surface area contributed by atoms with E-state index in [4.69, 9.17) is 29.3 Å². The molecule has 0 N–H and O–H groups in total. The van der Waals surface area contributed by atoms with E-state index in [1.165, 1.54) is 0 Å². The van der Waals surface area contributed by atoms with Crippen molar-refractivity contribution in [3.8, 4) is 56.4 Å². The van der Waals surface area contributed by atoms with Crippen molar-refractivity contribution < 1.29 is 4.42 Å². The van der Waals surface area contributed by atoms with Crippen molar-refractivity contribution in [3.05, 3.63) is 164 Å². The third kappa shape index (κ3) is 5.18. The lowest BCUT2D eigenvalue weighted by Gasteiger charge is -2.10. The van der Waals surface area contributed by atoms with Gasteiger partial charge in [0.25, 0.3) is 0 Å². The first-order valence-corrected chi connectivity index (χ1v) is 16.8. The minimum atomic E-state index is 0.603. The van der Waals surface area contributed by atoms with Gasteiger partial charge >= 0.3 is 0 Å². The number of hydrogen-bond acceptors (Lipinski definition) is 6. The van der Waals surface area contributed by atoms with E-state index in [1.807, 2.05) is 78.9 Å². The van der Waals surface area contributed by atoms with Crippen LogP contribution in [0.25, 0.3) is 100 Å². The molecule has 6 nitrogen and oxygen atoms in total. The second-order valence-electron chi connectivity index (χ2n) is 12.5. The van der Waals surface area contributed by atoms with Crippen molar-refractivity contribution in [2.75, 3.05) is 0 Å². The Bertz CT molecular complexity index is 2900. The highest BCUT2D eigenvalue weighted by molar-refractivity contribution is 6.14. The predicted molar refractivity (Wildman–Crippen MR) is 205 cm³/mol. The van der Waals surface area contributed by atoms with Gasteiger partial charge in [-0.05, 0) is 58.7 Å². The highest BCUT2D eigenvalue weighted by atomic mass is 16.3. The molecule has 51 heavy (non-hydrogen) atoms. The Balaban J connectivity index is 1.06. The molecule has 3 heterocycles. The summed E-state index contributed by atoms with van der Waals surface area (Å²) in [4.78, 5) is 25.0. The van der Waals surface area contributed by atoms with E-state index in [0.717, 1.165) is 82.9 Å². The fourth-order valence-corrected chi connectivity index (χ4v) is 6.73. The number of aromatic nitrogens is 5. The summed E-state index contributed by atoms with van der Waals surface area (Å²) in [5.41, 5.74) is 11.9. The maximum atomic E-state index is 6.28. The largest absolute Gasteiger partial charge is 0.454 e. The second-order valence-corrected chi connectivity index (χ2v) is 12.5. The maximum Gasteiger partial charge on any atom is 0.164 e. The zero-order valence-electron chi connectivity index (χ0n) is 27.2. The van der Waals surface area contributed by atoms with Gasteiger partial charge in [-0.1, -0.05) is 127 Å². The van der Waals surface area contributed by atoms with Crippen LogP contribution in [0.3, 0.4) is 0 Å². The van der Waals surface area contributed by atoms with Gasteiger partial charge in [0.2, 0.25) is 0 Å². The zero-order valence-corrected chi connectivity index (χ0v) is 27.2. The van der Waals surface area contributed by atoms with E-state index in [2.05, 4.69) is 84.9 Å². The molecule has 0 saturated heterocycles. The summed E-state index contributed by atoms with van der Waals surface area (Å²) in [6.45, 7) is 0. The van der Waals surface area contributed by atoms with Crippen molar-refractivity contribution in [2.45, 2.75) is 0 Å². The summed E-state index contributed by atoms with van der Waals surface area (Å²) in [5.74, 6) is 1.85. The Morgan fingerprint density at radius 2 is 0.863 bits per heavy atom. The zero-order chi connectivity index (χ0) is 33.7. The minimum Gasteiger partial charge on any atom is -0.454 e. The molecule has 6 heteroatoms. The number of furan rings is 1. The Morgan fingerprint density at radius 3 is 1.65 bits per heavy atom. The molecule has 0 radical (unpaired) electrons. The van der Waals surface area contributed by atoms with Crippen LogP contribution in [-0.4, -0.2) is 24.9 Å². The summed E-state index contributed by atoms with van der Waals surface area (Å²) < 4.78 is 6.28. The first-order valence-electron chi connectivity index (χ1n) is 16.8. The van der Waals surface area contributed by atoms with E-state index in [9.17, 15) is 0 Å². The normalized spacial score (nSPS) is 11.5. The molecule has 0 bridgehead atoms. The smallest absolute Gasteiger partial charge is 0.164 e. The fourth-order valence-electron chi connectivity index (χ4n) is 6.73. The van der Waals surface area contributed by atoms with Gasteiger partial charge in [0.1, 0.15) is 11.1 Å². The van der Waals surface area contributed by atoms with E-state index in [-0.39, 0.29) is 0 Å². The molecule has 0 aliphatic carbocycles. The molecular formula is C45H27N5O. The van der Waals surface area contributed by atoms with Crippen molar-refractivity contribution in [3.63, 3.8) is 0 Å². The highest BCUT2D eigenvalue weighted by Gasteiger charge is 2.15.